The molecule has 0 aromatic heterocycles. The average molecular weight is 389 g/mol. The van der Waals surface area contributed by atoms with Gasteiger partial charge >= 0.3 is 12.2 Å². The van der Waals surface area contributed by atoms with Gasteiger partial charge in [-0.3, -0.25) is 19.9 Å². The van der Waals surface area contributed by atoms with Gasteiger partial charge in [-0.1, -0.05) is 24.3 Å². The van der Waals surface area contributed by atoms with Crippen LogP contribution in [0.4, 0.5) is 29.3 Å². The van der Waals surface area contributed by atoms with Crippen LogP contribution >= 0.6 is 0 Å². The Bertz CT molecular complexity index is 986. The number of para-hydroxylation sites is 1. The molecule has 0 unspecified atom stereocenters. The molecule has 0 saturated carbocycles. The quantitative estimate of drug-likeness (QED) is 0.643. The van der Waals surface area contributed by atoms with Gasteiger partial charge in [-0.15, -0.1) is 0 Å². The van der Waals surface area contributed by atoms with Gasteiger partial charge in [-0.05, 0) is 36.8 Å². The van der Waals surface area contributed by atoms with Crippen LogP contribution in [-0.4, -0.2) is 24.1 Å². The van der Waals surface area contributed by atoms with Gasteiger partial charge in [-0.2, -0.15) is 13.2 Å². The molecular formula is C19H14F3N3O3. The van der Waals surface area contributed by atoms with Gasteiger partial charge in [-0.25, -0.2) is 9.69 Å². The Morgan fingerprint density at radius 1 is 1.07 bits per heavy atom. The monoisotopic (exact) mass is 389 g/mol. The maximum absolute atomic E-state index is 13.1. The van der Waals surface area contributed by atoms with Crippen molar-refractivity contribution in [2.75, 3.05) is 4.90 Å². The van der Waals surface area contributed by atoms with E-state index >= 15 is 0 Å². The number of amides is 4. The molecule has 4 amide bonds. The number of hydrogen-bond acceptors (Lipinski definition) is 4. The molecule has 0 aliphatic carbocycles. The van der Waals surface area contributed by atoms with E-state index in [4.69, 9.17) is 0 Å². The third-order valence-corrected chi connectivity index (χ3v) is 4.03. The summed E-state index contributed by atoms with van der Waals surface area (Å²) in [5.41, 5.74) is -0.417. The first-order valence-electron chi connectivity index (χ1n) is 8.14. The standard InChI is InChI=1S/C19H14F3N3O3/c1-11-5-4-6-12(9-11)25-17(27)13(16(26)24-18(25)28)10-23-15-8-3-2-7-14(15)19(20,21)22/h2-10,13H,1H3,(H,24,26,28)/t13-/m0/s1. The Morgan fingerprint density at radius 2 is 1.79 bits per heavy atom. The fourth-order valence-electron chi connectivity index (χ4n) is 2.71. The summed E-state index contributed by atoms with van der Waals surface area (Å²) < 4.78 is 39.2. The zero-order chi connectivity index (χ0) is 20.5. The number of benzene rings is 2. The minimum atomic E-state index is -4.64. The molecule has 3 rings (SSSR count). The van der Waals surface area contributed by atoms with Gasteiger partial charge in [0.1, 0.15) is 0 Å². The zero-order valence-electron chi connectivity index (χ0n) is 14.5. The lowest BCUT2D eigenvalue weighted by Gasteiger charge is -2.28. The number of aryl methyl sites for hydroxylation is 1. The van der Waals surface area contributed by atoms with Crippen molar-refractivity contribution < 1.29 is 27.6 Å². The second kappa shape index (κ2) is 7.26. The molecule has 28 heavy (non-hydrogen) atoms. The van der Waals surface area contributed by atoms with Gasteiger partial charge in [0.05, 0.1) is 16.9 Å². The highest BCUT2D eigenvalue weighted by Crippen LogP contribution is 2.36. The molecule has 1 aliphatic heterocycles. The van der Waals surface area contributed by atoms with Gasteiger partial charge in [0, 0.05) is 6.21 Å². The Kier molecular flexibility index (Phi) is 5.00. The smallest absolute Gasteiger partial charge is 0.276 e. The predicted octanol–water partition coefficient (Wildman–Crippen LogP) is 3.62. The Balaban J connectivity index is 1.94. The highest BCUT2D eigenvalue weighted by molar-refractivity contribution is 6.32. The lowest BCUT2D eigenvalue weighted by Crippen LogP contribution is -2.58. The van der Waals surface area contributed by atoms with E-state index in [1.807, 2.05) is 5.32 Å². The SMILES string of the molecule is Cc1cccc(N2C(=O)NC(=O)[C@H](C=Nc3ccccc3C(F)(F)F)C2=O)c1. The van der Waals surface area contributed by atoms with Crippen molar-refractivity contribution in [2.45, 2.75) is 13.1 Å². The number of rotatable bonds is 3. The van der Waals surface area contributed by atoms with Crippen LogP contribution in [-0.2, 0) is 15.8 Å². The molecule has 1 aliphatic rings. The second-order valence-corrected chi connectivity index (χ2v) is 6.08. The van der Waals surface area contributed by atoms with E-state index in [0.29, 0.717) is 0 Å². The summed E-state index contributed by atoms with van der Waals surface area (Å²) in [6, 6.07) is 10.1. The van der Waals surface area contributed by atoms with Crippen LogP contribution in [0.25, 0.3) is 0 Å². The van der Waals surface area contributed by atoms with Crippen LogP contribution in [0.3, 0.4) is 0 Å². The van der Waals surface area contributed by atoms with E-state index in [9.17, 15) is 27.6 Å². The number of anilines is 1. The van der Waals surface area contributed by atoms with Crippen molar-refractivity contribution in [3.05, 3.63) is 59.7 Å². The van der Waals surface area contributed by atoms with Crippen molar-refractivity contribution in [3.8, 4) is 0 Å². The van der Waals surface area contributed by atoms with Crippen LogP contribution < -0.4 is 10.2 Å². The molecule has 9 heteroatoms. The minimum Gasteiger partial charge on any atom is -0.276 e. The average Bonchev–Trinajstić information content (AvgIpc) is 2.61. The fraction of sp³-hybridized carbons (Fsp3) is 0.158. The molecule has 2 aromatic rings. The van der Waals surface area contributed by atoms with Gasteiger partial charge in [0.2, 0.25) is 5.91 Å². The lowest BCUT2D eigenvalue weighted by molar-refractivity contribution is -0.137. The third kappa shape index (κ3) is 3.78. The number of carbonyl (C=O) groups excluding carboxylic acids is 3. The largest absolute Gasteiger partial charge is 0.418 e. The number of nitrogens with one attached hydrogen (secondary N) is 1. The molecule has 1 fully saturated rings. The van der Waals surface area contributed by atoms with E-state index in [1.165, 1.54) is 18.2 Å². The zero-order valence-corrected chi connectivity index (χ0v) is 14.5. The van der Waals surface area contributed by atoms with E-state index in [2.05, 4.69) is 4.99 Å². The summed E-state index contributed by atoms with van der Waals surface area (Å²) >= 11 is 0. The van der Waals surface area contributed by atoms with Gasteiger partial charge in [0.25, 0.3) is 5.91 Å². The predicted molar refractivity (Wildman–Crippen MR) is 95.3 cm³/mol. The molecule has 1 saturated heterocycles. The number of urea groups is 1. The van der Waals surface area contributed by atoms with Crippen molar-refractivity contribution in [2.24, 2.45) is 10.9 Å². The summed E-state index contributed by atoms with van der Waals surface area (Å²) in [4.78, 5) is 41.3. The highest BCUT2D eigenvalue weighted by atomic mass is 19.4. The van der Waals surface area contributed by atoms with Crippen molar-refractivity contribution in [3.63, 3.8) is 0 Å². The Hall–Kier alpha value is -3.49. The van der Waals surface area contributed by atoms with Crippen LogP contribution in [0.15, 0.2) is 53.5 Å². The first-order chi connectivity index (χ1) is 13.2. The van der Waals surface area contributed by atoms with Crippen molar-refractivity contribution >= 4 is 35.4 Å². The number of nitrogens with zero attached hydrogens (tertiary/aromatic N) is 2. The fourth-order valence-corrected chi connectivity index (χ4v) is 2.71. The number of carbonyl (C=O) groups is 3. The maximum Gasteiger partial charge on any atom is 0.418 e. The number of halogens is 3. The summed E-state index contributed by atoms with van der Waals surface area (Å²) in [7, 11) is 0. The first-order valence-corrected chi connectivity index (χ1v) is 8.14. The molecule has 144 valence electrons. The van der Waals surface area contributed by atoms with Crippen LogP contribution in [0.2, 0.25) is 0 Å². The molecule has 1 atom stereocenters. The number of alkyl halides is 3. The molecule has 0 bridgehead atoms. The summed E-state index contributed by atoms with van der Waals surface area (Å²) in [5, 5.41) is 2.02. The molecule has 0 radical (unpaired) electrons. The van der Waals surface area contributed by atoms with Crippen molar-refractivity contribution in [1.29, 1.82) is 0 Å². The second-order valence-electron chi connectivity index (χ2n) is 6.08. The summed E-state index contributed by atoms with van der Waals surface area (Å²) in [6.45, 7) is 1.76. The minimum absolute atomic E-state index is 0.240. The van der Waals surface area contributed by atoms with E-state index in [-0.39, 0.29) is 5.69 Å². The van der Waals surface area contributed by atoms with Crippen LogP contribution in [0, 0.1) is 12.8 Å². The van der Waals surface area contributed by atoms with Crippen LogP contribution in [0.5, 0.6) is 0 Å². The molecule has 2 aromatic carbocycles. The number of hydrogen-bond donors (Lipinski definition) is 1. The van der Waals surface area contributed by atoms with Crippen molar-refractivity contribution in [1.82, 2.24) is 5.32 Å². The van der Waals surface area contributed by atoms with E-state index in [0.717, 1.165) is 28.8 Å². The third-order valence-electron chi connectivity index (χ3n) is 4.03. The molecule has 0 spiro atoms. The van der Waals surface area contributed by atoms with E-state index in [1.54, 1.807) is 25.1 Å². The number of barbiturate groups is 1. The molecular weight excluding hydrogens is 375 g/mol. The molecule has 6 nitrogen and oxygen atoms in total. The maximum atomic E-state index is 13.1. The number of imide groups is 2. The molecule has 1 N–H and O–H groups in total. The first kappa shape index (κ1) is 19.3. The highest BCUT2D eigenvalue weighted by Gasteiger charge is 2.40. The molecule has 1 heterocycles. The summed E-state index contributed by atoms with van der Waals surface area (Å²) in [6.07, 6.45) is -3.83. The normalized spacial score (nSPS) is 17.9. The van der Waals surface area contributed by atoms with Gasteiger partial charge < -0.3 is 0 Å². The lowest BCUT2D eigenvalue weighted by atomic mass is 10.1. The van der Waals surface area contributed by atoms with Crippen LogP contribution in [0.1, 0.15) is 11.1 Å². The summed E-state index contributed by atoms with van der Waals surface area (Å²) in [5.74, 6) is -3.39. The Labute approximate surface area is 157 Å². The number of aliphatic imine (C=N–C) groups is 1. The van der Waals surface area contributed by atoms with E-state index < -0.39 is 41.2 Å². The Morgan fingerprint density at radius 3 is 2.46 bits per heavy atom. The van der Waals surface area contributed by atoms with Gasteiger partial charge in [0.15, 0.2) is 5.92 Å². The topological polar surface area (TPSA) is 78.8 Å².